The fourth-order valence-electron chi connectivity index (χ4n) is 2.92. The molecule has 0 unspecified atom stereocenters. The number of unbranched alkanes of at least 4 members (excludes halogenated alkanes) is 3. The molecule has 7 heteroatoms. The number of carbonyl (C=O) groups excluding carboxylic acids is 1. The lowest BCUT2D eigenvalue weighted by Gasteiger charge is -2.16. The van der Waals surface area contributed by atoms with Gasteiger partial charge >= 0.3 is 0 Å². The normalized spacial score (nSPS) is 14.1. The summed E-state index contributed by atoms with van der Waals surface area (Å²) in [6.07, 6.45) is 5.70. The number of nitrogens with zero attached hydrogens (tertiary/aromatic N) is 5. The van der Waals surface area contributed by atoms with Crippen molar-refractivity contribution in [1.82, 2.24) is 14.6 Å². The van der Waals surface area contributed by atoms with Crippen LogP contribution < -0.4 is 0 Å². The molecule has 0 saturated carbocycles. The number of thiazole rings is 1. The van der Waals surface area contributed by atoms with Crippen LogP contribution in [0.1, 0.15) is 46.7 Å². The molecule has 2 aromatic heterocycles. The Morgan fingerprint density at radius 2 is 2.22 bits per heavy atom. The highest BCUT2D eigenvalue weighted by Crippen LogP contribution is 2.32. The summed E-state index contributed by atoms with van der Waals surface area (Å²) in [5.41, 5.74) is 2.62. The fraction of sp³-hybridized carbons (Fsp3) is 0.500. The molecule has 0 aromatic carbocycles. The lowest BCUT2D eigenvalue weighted by molar-refractivity contribution is 0.0751. The first-order valence-corrected chi connectivity index (χ1v) is 8.61. The molecule has 0 fully saturated rings. The topological polar surface area (TPSA) is 74.3 Å². The Morgan fingerprint density at radius 1 is 1.39 bits per heavy atom. The van der Waals surface area contributed by atoms with E-state index in [1.54, 1.807) is 16.3 Å². The summed E-state index contributed by atoms with van der Waals surface area (Å²) in [5.74, 6) is -0.0561. The van der Waals surface area contributed by atoms with E-state index >= 15 is 0 Å². The number of hydrazone groups is 1. The van der Waals surface area contributed by atoms with Crippen molar-refractivity contribution in [3.05, 3.63) is 16.3 Å². The number of rotatable bonds is 5. The number of hydrogen-bond acceptors (Lipinski definition) is 5. The van der Waals surface area contributed by atoms with E-state index in [9.17, 15) is 4.79 Å². The molecule has 1 aliphatic rings. The third-order valence-corrected chi connectivity index (χ3v) is 5.06. The molecule has 0 N–H and O–H groups in total. The molecule has 3 rings (SSSR count). The van der Waals surface area contributed by atoms with Gasteiger partial charge in [0.2, 0.25) is 0 Å². The minimum Gasteiger partial charge on any atom is -0.323 e. The van der Waals surface area contributed by atoms with Crippen molar-refractivity contribution in [3.8, 4) is 6.07 Å². The molecular formula is C16H19N5OS. The molecule has 0 radical (unpaired) electrons. The number of aryl methyl sites for hydroxylation is 2. The maximum atomic E-state index is 12.8. The van der Waals surface area contributed by atoms with E-state index < -0.39 is 0 Å². The molecule has 1 aliphatic heterocycles. The standard InChI is InChI=1S/C16H19N5OS/c1-11-19-15-14(23-11)12-7-9-18-21(10-6-4-3-5-8-17)16(22)13(12)20(15)2/h9H,3-7,10H2,1-2H3. The highest BCUT2D eigenvalue weighted by molar-refractivity contribution is 7.18. The average molecular weight is 329 g/mol. The van der Waals surface area contributed by atoms with Crippen molar-refractivity contribution in [2.75, 3.05) is 6.54 Å². The minimum absolute atomic E-state index is 0.0561. The van der Waals surface area contributed by atoms with Crippen LogP contribution in [0.15, 0.2) is 5.10 Å². The predicted molar refractivity (Wildman–Crippen MR) is 90.6 cm³/mol. The molecule has 6 nitrogen and oxygen atoms in total. The van der Waals surface area contributed by atoms with Crippen LogP contribution in [-0.4, -0.2) is 33.2 Å². The average Bonchev–Trinajstić information content (AvgIpc) is 2.96. The smallest absolute Gasteiger partial charge is 0.290 e. The van der Waals surface area contributed by atoms with Crippen molar-refractivity contribution >= 4 is 33.8 Å². The van der Waals surface area contributed by atoms with E-state index in [4.69, 9.17) is 5.26 Å². The maximum Gasteiger partial charge on any atom is 0.290 e. The molecule has 0 spiro atoms. The van der Waals surface area contributed by atoms with Crippen LogP contribution in [0, 0.1) is 18.3 Å². The second-order valence-electron chi connectivity index (χ2n) is 5.67. The third-order valence-electron chi connectivity index (χ3n) is 4.04. The van der Waals surface area contributed by atoms with Gasteiger partial charge in [-0.1, -0.05) is 6.42 Å². The Morgan fingerprint density at radius 3 is 3.00 bits per heavy atom. The highest BCUT2D eigenvalue weighted by Gasteiger charge is 2.28. The second kappa shape index (κ2) is 6.50. The van der Waals surface area contributed by atoms with Crippen LogP contribution >= 0.6 is 11.3 Å². The van der Waals surface area contributed by atoms with Gasteiger partial charge in [-0.05, 0) is 19.8 Å². The zero-order valence-electron chi connectivity index (χ0n) is 13.4. The molecule has 3 heterocycles. The van der Waals surface area contributed by atoms with Crippen LogP contribution in [0.4, 0.5) is 0 Å². The van der Waals surface area contributed by atoms with Crippen molar-refractivity contribution in [2.24, 2.45) is 12.1 Å². The zero-order chi connectivity index (χ0) is 16.4. The molecule has 0 bridgehead atoms. The zero-order valence-corrected chi connectivity index (χ0v) is 14.2. The molecule has 0 atom stereocenters. The lowest BCUT2D eigenvalue weighted by atomic mass is 10.1. The van der Waals surface area contributed by atoms with Crippen molar-refractivity contribution in [3.63, 3.8) is 0 Å². The Bertz CT molecular complexity index is 811. The number of nitriles is 1. The Labute approximate surface area is 139 Å². The van der Waals surface area contributed by atoms with Gasteiger partial charge in [-0.25, -0.2) is 9.99 Å². The summed E-state index contributed by atoms with van der Waals surface area (Å²) in [4.78, 5) is 17.4. The summed E-state index contributed by atoms with van der Waals surface area (Å²) in [7, 11) is 1.90. The molecule has 23 heavy (non-hydrogen) atoms. The minimum atomic E-state index is -0.0561. The molecule has 0 aliphatic carbocycles. The summed E-state index contributed by atoms with van der Waals surface area (Å²) in [5, 5.41) is 15.4. The van der Waals surface area contributed by atoms with Gasteiger partial charge in [0.1, 0.15) is 5.69 Å². The van der Waals surface area contributed by atoms with Crippen LogP contribution in [-0.2, 0) is 13.5 Å². The molecule has 120 valence electrons. The molecular weight excluding hydrogens is 310 g/mol. The second-order valence-corrected chi connectivity index (χ2v) is 6.87. The van der Waals surface area contributed by atoms with Crippen LogP contribution in [0.3, 0.4) is 0 Å². The first-order chi connectivity index (χ1) is 11.1. The first kappa shape index (κ1) is 15.7. The lowest BCUT2D eigenvalue weighted by Crippen LogP contribution is -2.28. The maximum absolute atomic E-state index is 12.8. The quantitative estimate of drug-likeness (QED) is 0.791. The van der Waals surface area contributed by atoms with Gasteiger partial charge in [-0.15, -0.1) is 11.3 Å². The van der Waals surface area contributed by atoms with E-state index in [1.165, 1.54) is 0 Å². The van der Waals surface area contributed by atoms with E-state index in [0.29, 0.717) is 25.1 Å². The van der Waals surface area contributed by atoms with Gasteiger partial charge < -0.3 is 4.57 Å². The predicted octanol–water partition coefficient (Wildman–Crippen LogP) is 3.01. The Balaban J connectivity index is 1.82. The van der Waals surface area contributed by atoms with E-state index in [2.05, 4.69) is 16.2 Å². The van der Waals surface area contributed by atoms with Gasteiger partial charge in [-0.3, -0.25) is 4.79 Å². The first-order valence-electron chi connectivity index (χ1n) is 7.79. The summed E-state index contributed by atoms with van der Waals surface area (Å²) in [6, 6.07) is 2.14. The van der Waals surface area contributed by atoms with Crippen LogP contribution in [0.25, 0.3) is 10.3 Å². The van der Waals surface area contributed by atoms with Crippen LogP contribution in [0.5, 0.6) is 0 Å². The largest absolute Gasteiger partial charge is 0.323 e. The number of aromatic nitrogens is 2. The SMILES string of the molecule is Cc1nc2c(s1)c1c(n2C)C(=O)N(CCCCCC#N)N=CC1. The summed E-state index contributed by atoms with van der Waals surface area (Å²) in [6.45, 7) is 2.57. The number of amides is 1. The Hall–Kier alpha value is -2.20. The summed E-state index contributed by atoms with van der Waals surface area (Å²) < 4.78 is 2.99. The third kappa shape index (κ3) is 2.86. The number of hydrogen-bond donors (Lipinski definition) is 0. The highest BCUT2D eigenvalue weighted by atomic mass is 32.1. The van der Waals surface area contributed by atoms with E-state index in [1.807, 2.05) is 24.8 Å². The van der Waals surface area contributed by atoms with Crippen LogP contribution in [0.2, 0.25) is 0 Å². The number of carbonyl (C=O) groups is 1. The number of fused-ring (bicyclic) bond motifs is 3. The fourth-order valence-corrected chi connectivity index (χ4v) is 3.93. The van der Waals surface area contributed by atoms with Crippen molar-refractivity contribution in [2.45, 2.75) is 39.0 Å². The molecule has 0 saturated heterocycles. The summed E-state index contributed by atoms with van der Waals surface area (Å²) >= 11 is 1.63. The Kier molecular flexibility index (Phi) is 4.44. The van der Waals surface area contributed by atoms with E-state index in [0.717, 1.165) is 40.2 Å². The van der Waals surface area contributed by atoms with Gasteiger partial charge in [0.25, 0.3) is 5.91 Å². The van der Waals surface area contributed by atoms with Gasteiger partial charge in [0.15, 0.2) is 5.65 Å². The van der Waals surface area contributed by atoms with Gasteiger partial charge in [0.05, 0.1) is 15.8 Å². The van der Waals surface area contributed by atoms with E-state index in [-0.39, 0.29) is 5.91 Å². The van der Waals surface area contributed by atoms with Gasteiger partial charge in [0, 0.05) is 38.2 Å². The monoisotopic (exact) mass is 329 g/mol. The van der Waals surface area contributed by atoms with Gasteiger partial charge in [-0.2, -0.15) is 10.4 Å². The molecule has 1 amide bonds. The van der Waals surface area contributed by atoms with Crippen molar-refractivity contribution < 1.29 is 4.79 Å². The molecule has 2 aromatic rings. The van der Waals surface area contributed by atoms with Crippen molar-refractivity contribution in [1.29, 1.82) is 5.26 Å².